The van der Waals surface area contributed by atoms with Crippen molar-refractivity contribution in [2.24, 2.45) is 0 Å². The Kier molecular flexibility index (Phi) is 5.37. The third-order valence-corrected chi connectivity index (χ3v) is 5.18. The van der Waals surface area contributed by atoms with Crippen LogP contribution in [0.15, 0.2) is 41.1 Å². The molecule has 0 radical (unpaired) electrons. The van der Waals surface area contributed by atoms with Crippen molar-refractivity contribution < 1.29 is 0 Å². The molecule has 2 rings (SSSR count). The van der Waals surface area contributed by atoms with Crippen LogP contribution in [0.2, 0.25) is 0 Å². The highest BCUT2D eigenvalue weighted by Crippen LogP contribution is 2.31. The second kappa shape index (κ2) is 7.04. The summed E-state index contributed by atoms with van der Waals surface area (Å²) in [7, 11) is 0. The van der Waals surface area contributed by atoms with E-state index in [1.165, 1.54) is 15.3 Å². The Hall–Kier alpha value is -0.900. The minimum absolute atomic E-state index is 0.467. The van der Waals surface area contributed by atoms with Crippen LogP contribution in [0.5, 0.6) is 0 Å². The van der Waals surface area contributed by atoms with Gasteiger partial charge in [-0.2, -0.15) is 0 Å². The summed E-state index contributed by atoms with van der Waals surface area (Å²) in [5.74, 6) is 0. The molecule has 3 heteroatoms. The number of rotatable bonds is 6. The summed E-state index contributed by atoms with van der Waals surface area (Å²) in [4.78, 5) is 5.20. The molecule has 0 aliphatic rings. The molecule has 0 N–H and O–H groups in total. The molecule has 0 aromatic carbocycles. The van der Waals surface area contributed by atoms with E-state index in [-0.39, 0.29) is 0 Å². The summed E-state index contributed by atoms with van der Waals surface area (Å²) in [5, 5.41) is 4.30. The van der Waals surface area contributed by atoms with Gasteiger partial charge in [0.15, 0.2) is 0 Å². The quantitative estimate of drug-likeness (QED) is 0.726. The van der Waals surface area contributed by atoms with E-state index >= 15 is 0 Å². The van der Waals surface area contributed by atoms with Crippen LogP contribution in [0.25, 0.3) is 5.57 Å². The number of hydrogen-bond donors (Lipinski definition) is 0. The molecule has 0 fully saturated rings. The third kappa shape index (κ3) is 3.56. The van der Waals surface area contributed by atoms with Gasteiger partial charge in [0, 0.05) is 21.4 Å². The van der Waals surface area contributed by atoms with Crippen molar-refractivity contribution in [1.82, 2.24) is 4.90 Å². The second-order valence-corrected chi connectivity index (χ2v) is 6.39. The van der Waals surface area contributed by atoms with Crippen LogP contribution in [-0.2, 0) is 0 Å². The van der Waals surface area contributed by atoms with Gasteiger partial charge in [-0.1, -0.05) is 32.1 Å². The van der Waals surface area contributed by atoms with E-state index in [9.17, 15) is 0 Å². The van der Waals surface area contributed by atoms with Crippen LogP contribution in [0, 0.1) is 0 Å². The molecule has 0 spiro atoms. The Balaban J connectivity index is 2.33. The largest absolute Gasteiger partial charge is 0.298 e. The zero-order valence-corrected chi connectivity index (χ0v) is 13.4. The SMILES string of the molecule is CCN(CC)[C@@H](C)C=C(c1cccs1)c1cccs1. The average Bonchev–Trinajstić information content (AvgIpc) is 3.11. The summed E-state index contributed by atoms with van der Waals surface area (Å²) in [6, 6.07) is 9.15. The highest BCUT2D eigenvalue weighted by molar-refractivity contribution is 7.13. The van der Waals surface area contributed by atoms with Crippen LogP contribution in [-0.4, -0.2) is 24.0 Å². The van der Waals surface area contributed by atoms with Crippen molar-refractivity contribution in [1.29, 1.82) is 0 Å². The highest BCUT2D eigenvalue weighted by atomic mass is 32.1. The zero-order chi connectivity index (χ0) is 13.7. The predicted molar refractivity (Wildman–Crippen MR) is 88.1 cm³/mol. The lowest BCUT2D eigenvalue weighted by molar-refractivity contribution is 0.268. The minimum Gasteiger partial charge on any atom is -0.298 e. The Morgan fingerprint density at radius 3 is 2.00 bits per heavy atom. The first-order chi connectivity index (χ1) is 9.26. The Labute approximate surface area is 124 Å². The van der Waals surface area contributed by atoms with Gasteiger partial charge in [0.1, 0.15) is 0 Å². The third-order valence-electron chi connectivity index (χ3n) is 3.37. The van der Waals surface area contributed by atoms with Crippen molar-refractivity contribution in [3.8, 4) is 0 Å². The molecular formula is C16H21NS2. The molecule has 1 atom stereocenters. The molecule has 2 heterocycles. The molecule has 0 amide bonds. The topological polar surface area (TPSA) is 3.24 Å². The van der Waals surface area contributed by atoms with Crippen molar-refractivity contribution in [3.05, 3.63) is 50.9 Å². The van der Waals surface area contributed by atoms with E-state index in [0.717, 1.165) is 13.1 Å². The molecule has 1 nitrogen and oxygen atoms in total. The number of thiophene rings is 2. The first-order valence-corrected chi connectivity index (χ1v) is 8.55. The minimum atomic E-state index is 0.467. The van der Waals surface area contributed by atoms with Crippen LogP contribution < -0.4 is 0 Å². The molecule has 0 saturated heterocycles. The summed E-state index contributed by atoms with van der Waals surface area (Å²) < 4.78 is 0. The summed E-state index contributed by atoms with van der Waals surface area (Å²) in [5.41, 5.74) is 1.38. The molecule has 0 saturated carbocycles. The van der Waals surface area contributed by atoms with E-state index in [1.54, 1.807) is 0 Å². The standard InChI is InChI=1S/C16H21NS2/c1-4-17(5-2)13(3)12-14(15-8-6-10-18-15)16-9-7-11-19-16/h6-13H,4-5H2,1-3H3/t13-/m0/s1. The van der Waals surface area contributed by atoms with Gasteiger partial charge in [0.05, 0.1) is 0 Å². The normalized spacial score (nSPS) is 12.6. The lowest BCUT2D eigenvalue weighted by Gasteiger charge is -2.24. The number of likely N-dealkylation sites (N-methyl/N-ethyl adjacent to an activating group) is 1. The maximum atomic E-state index is 2.47. The van der Waals surface area contributed by atoms with Crippen LogP contribution in [0.4, 0.5) is 0 Å². The maximum Gasteiger partial charge on any atom is 0.0354 e. The van der Waals surface area contributed by atoms with E-state index in [4.69, 9.17) is 0 Å². The molecule has 19 heavy (non-hydrogen) atoms. The highest BCUT2D eigenvalue weighted by Gasteiger charge is 2.12. The Bertz CT molecular complexity index is 457. The Morgan fingerprint density at radius 2 is 1.63 bits per heavy atom. The van der Waals surface area contributed by atoms with Crippen LogP contribution >= 0.6 is 22.7 Å². The molecule has 2 aromatic heterocycles. The lowest BCUT2D eigenvalue weighted by atomic mass is 10.1. The first-order valence-electron chi connectivity index (χ1n) is 6.79. The number of hydrogen-bond acceptors (Lipinski definition) is 3. The van der Waals surface area contributed by atoms with Gasteiger partial charge >= 0.3 is 0 Å². The molecule has 102 valence electrons. The van der Waals surface area contributed by atoms with Gasteiger partial charge in [0.2, 0.25) is 0 Å². The predicted octanol–water partition coefficient (Wildman–Crippen LogP) is 4.97. The van der Waals surface area contributed by atoms with Crippen molar-refractivity contribution in [2.75, 3.05) is 13.1 Å². The van der Waals surface area contributed by atoms with Crippen LogP contribution in [0.3, 0.4) is 0 Å². The smallest absolute Gasteiger partial charge is 0.0354 e. The van der Waals surface area contributed by atoms with Crippen LogP contribution in [0.1, 0.15) is 30.5 Å². The average molecular weight is 291 g/mol. The van der Waals surface area contributed by atoms with Gasteiger partial charge in [0.25, 0.3) is 0 Å². The van der Waals surface area contributed by atoms with E-state index in [2.05, 4.69) is 66.8 Å². The number of nitrogens with zero attached hydrogens (tertiary/aromatic N) is 1. The summed E-state index contributed by atoms with van der Waals surface area (Å²) in [6.07, 6.45) is 2.41. The van der Waals surface area contributed by atoms with E-state index in [1.807, 2.05) is 22.7 Å². The molecule has 0 bridgehead atoms. The molecule has 2 aromatic rings. The molecule has 0 unspecified atom stereocenters. The fraction of sp³-hybridized carbons (Fsp3) is 0.375. The first kappa shape index (κ1) is 14.5. The second-order valence-electron chi connectivity index (χ2n) is 4.50. The summed E-state index contributed by atoms with van der Waals surface area (Å²) in [6.45, 7) is 8.93. The maximum absolute atomic E-state index is 2.47. The van der Waals surface area contributed by atoms with E-state index < -0.39 is 0 Å². The fourth-order valence-electron chi connectivity index (χ4n) is 2.30. The summed E-state index contributed by atoms with van der Waals surface area (Å²) >= 11 is 3.64. The van der Waals surface area contributed by atoms with Gasteiger partial charge in [-0.25, -0.2) is 0 Å². The molecular weight excluding hydrogens is 270 g/mol. The van der Waals surface area contributed by atoms with Gasteiger partial charge in [-0.15, -0.1) is 22.7 Å². The van der Waals surface area contributed by atoms with E-state index in [0.29, 0.717) is 6.04 Å². The Morgan fingerprint density at radius 1 is 1.11 bits per heavy atom. The van der Waals surface area contributed by atoms with Gasteiger partial charge < -0.3 is 0 Å². The molecule has 0 aliphatic carbocycles. The lowest BCUT2D eigenvalue weighted by Crippen LogP contribution is -2.31. The van der Waals surface area contributed by atoms with Crippen molar-refractivity contribution in [2.45, 2.75) is 26.8 Å². The van der Waals surface area contributed by atoms with Gasteiger partial charge in [-0.3, -0.25) is 4.90 Å². The molecule has 0 aliphatic heterocycles. The van der Waals surface area contributed by atoms with Crippen molar-refractivity contribution in [3.63, 3.8) is 0 Å². The van der Waals surface area contributed by atoms with Crippen molar-refractivity contribution >= 4 is 28.2 Å². The monoisotopic (exact) mass is 291 g/mol. The fourth-order valence-corrected chi connectivity index (χ4v) is 3.89. The zero-order valence-electron chi connectivity index (χ0n) is 11.8. The van der Waals surface area contributed by atoms with Gasteiger partial charge in [-0.05, 0) is 42.9 Å².